The van der Waals surface area contributed by atoms with Gasteiger partial charge in [-0.05, 0) is 114 Å². The lowest BCUT2D eigenvalue weighted by atomic mass is 9.89. The second kappa shape index (κ2) is 19.9. The molecule has 0 aliphatic carbocycles. The molecule has 4 rings (SSSR count). The first-order chi connectivity index (χ1) is 27.4. The van der Waals surface area contributed by atoms with Gasteiger partial charge < -0.3 is 0 Å². The number of halogens is 10. The van der Waals surface area contributed by atoms with E-state index < -0.39 is 85.4 Å². The van der Waals surface area contributed by atoms with Crippen molar-refractivity contribution in [1.82, 2.24) is 0 Å². The van der Waals surface area contributed by atoms with Crippen molar-refractivity contribution in [3.8, 4) is 46.6 Å². The lowest BCUT2D eigenvalue weighted by molar-refractivity contribution is 0.334. The van der Waals surface area contributed by atoms with Crippen LogP contribution in [-0.4, -0.2) is 16.1 Å². The van der Waals surface area contributed by atoms with Gasteiger partial charge in [-0.15, -0.1) is 17.0 Å². The van der Waals surface area contributed by atoms with E-state index in [-0.39, 0.29) is 0 Å². The van der Waals surface area contributed by atoms with Crippen molar-refractivity contribution in [2.45, 2.75) is 109 Å². The first-order valence-corrected chi connectivity index (χ1v) is 25.6. The van der Waals surface area contributed by atoms with E-state index in [9.17, 15) is 43.9 Å². The summed E-state index contributed by atoms with van der Waals surface area (Å²) in [7, 11) is -2.72. The number of benzene rings is 4. The van der Waals surface area contributed by atoms with Crippen LogP contribution in [0.5, 0.6) is 0 Å². The molecule has 4 aromatic carbocycles. The fraction of sp³-hybridized carbons (Fsp3) is 0.333. The van der Waals surface area contributed by atoms with E-state index in [4.69, 9.17) is 0 Å². The maximum absolute atomic E-state index is 14.0. The van der Waals surface area contributed by atoms with Gasteiger partial charge in [-0.3, -0.25) is 0 Å². The van der Waals surface area contributed by atoms with E-state index in [1.165, 1.54) is 33.4 Å². The predicted octanol–water partition coefficient (Wildman–Crippen LogP) is 13.5. The summed E-state index contributed by atoms with van der Waals surface area (Å²) >= 11 is 0. The highest BCUT2D eigenvalue weighted by molar-refractivity contribution is 6.84. The van der Waals surface area contributed by atoms with Crippen LogP contribution in [0.1, 0.15) is 84.8 Å². The van der Waals surface area contributed by atoms with Crippen LogP contribution in [0.25, 0.3) is 0 Å². The van der Waals surface area contributed by atoms with Gasteiger partial charge in [0.25, 0.3) is 0 Å². The minimum absolute atomic E-state index is 0.571. The SMILES string of the molecule is CC#Cc1c(C)c(C)c(C#Cc2c(F)c(F)c(C)c(F)c2F)c(C)c1C.Cc1c(C)c(C#C[Si](C)(C)C)c(C)c(C)c1C#C[Si](C)(C)C.Fc1c(F)c(F)c(F)c(F)c1F. The largest absolute Gasteiger partial charge is 0.203 e. The van der Waals surface area contributed by atoms with Crippen LogP contribution < -0.4 is 0 Å². The molecule has 0 unspecified atom stereocenters. The molecule has 4 aromatic rings. The standard InChI is InChI=1S/C22H18F4.C20H30Si2.C6F6/c1-7-8-16-11(2)13(4)17(14(5)12(16)3)9-10-18-21(25)19(23)15(6)20(24)22(18)26;1-15-16(2)20(12-14-22(8,9)10)18(4)17(3)19(15)11-13-21(5,6)7;7-1-2(8)4(10)6(12)5(11)3(1)9/h1-6H3;1-10H3;. The van der Waals surface area contributed by atoms with Crippen LogP contribution in [-0.2, 0) is 0 Å². The smallest absolute Gasteiger partial charge is 0.200 e. The summed E-state index contributed by atoms with van der Waals surface area (Å²) in [6, 6.07) is 0. The maximum atomic E-state index is 14.0. The molecule has 0 fully saturated rings. The molecule has 0 N–H and O–H groups in total. The third kappa shape index (κ3) is 11.6. The third-order valence-electron chi connectivity index (χ3n) is 9.58. The fourth-order valence-electron chi connectivity index (χ4n) is 5.55. The zero-order valence-corrected chi connectivity index (χ0v) is 38.8. The Morgan fingerprint density at radius 3 is 0.717 bits per heavy atom. The van der Waals surface area contributed by atoms with Gasteiger partial charge in [-0.1, -0.05) is 68.9 Å². The predicted molar refractivity (Wildman–Crippen MR) is 227 cm³/mol. The zero-order valence-electron chi connectivity index (χ0n) is 36.8. The highest BCUT2D eigenvalue weighted by Crippen LogP contribution is 2.28. The highest BCUT2D eigenvalue weighted by atomic mass is 28.3. The van der Waals surface area contributed by atoms with Crippen molar-refractivity contribution in [3.63, 3.8) is 0 Å². The summed E-state index contributed by atoms with van der Waals surface area (Å²) in [6.45, 7) is 32.6. The van der Waals surface area contributed by atoms with Gasteiger partial charge in [0.05, 0.1) is 0 Å². The van der Waals surface area contributed by atoms with E-state index in [0.29, 0.717) is 5.56 Å². The van der Waals surface area contributed by atoms with Gasteiger partial charge >= 0.3 is 0 Å². The Morgan fingerprint density at radius 2 is 0.483 bits per heavy atom. The Labute approximate surface area is 350 Å². The Balaban J connectivity index is 0.000000330. The quantitative estimate of drug-likeness (QED) is 0.0543. The Morgan fingerprint density at radius 1 is 0.267 bits per heavy atom. The van der Waals surface area contributed by atoms with E-state index in [1.807, 2.05) is 27.7 Å². The molecule has 12 heteroatoms. The van der Waals surface area contributed by atoms with Crippen molar-refractivity contribution in [1.29, 1.82) is 0 Å². The van der Waals surface area contributed by atoms with Gasteiger partial charge in [-0.25, -0.2) is 43.9 Å². The molecule has 0 saturated carbocycles. The van der Waals surface area contributed by atoms with Crippen LogP contribution in [0, 0.1) is 167 Å². The summed E-state index contributed by atoms with van der Waals surface area (Å²) in [5.74, 6) is -2.20. The van der Waals surface area contributed by atoms with Crippen molar-refractivity contribution in [3.05, 3.63) is 136 Å². The van der Waals surface area contributed by atoms with Gasteiger partial charge in [-0.2, -0.15) is 0 Å². The van der Waals surface area contributed by atoms with Crippen LogP contribution in [0.4, 0.5) is 43.9 Å². The second-order valence-electron chi connectivity index (χ2n) is 16.3. The molecule has 0 spiro atoms. The first-order valence-electron chi connectivity index (χ1n) is 18.6. The van der Waals surface area contributed by atoms with E-state index >= 15 is 0 Å². The summed E-state index contributed by atoms with van der Waals surface area (Å²) in [4.78, 5) is 0. The first kappa shape index (κ1) is 51.0. The minimum atomic E-state index is -2.37. The Bertz CT molecular complexity index is 2380. The summed E-state index contributed by atoms with van der Waals surface area (Å²) in [5, 5.41) is 0. The molecule has 318 valence electrons. The summed E-state index contributed by atoms with van der Waals surface area (Å²) in [6.07, 6.45) is 0. The molecule has 0 heterocycles. The highest BCUT2D eigenvalue weighted by Gasteiger charge is 2.26. The molecule has 60 heavy (non-hydrogen) atoms. The molecule has 0 bridgehead atoms. The molecular weight excluding hydrogens is 823 g/mol. The third-order valence-corrected chi connectivity index (χ3v) is 11.3. The van der Waals surface area contributed by atoms with E-state index in [0.717, 1.165) is 34.7 Å². The van der Waals surface area contributed by atoms with Crippen LogP contribution in [0.15, 0.2) is 0 Å². The van der Waals surface area contributed by atoms with Gasteiger partial charge in [0.15, 0.2) is 23.3 Å². The minimum Gasteiger partial charge on any atom is -0.203 e. The zero-order chi connectivity index (χ0) is 46.5. The Hall–Kier alpha value is -5.15. The van der Waals surface area contributed by atoms with E-state index in [2.05, 4.69) is 114 Å². The lowest BCUT2D eigenvalue weighted by Crippen LogP contribution is -2.17. The topological polar surface area (TPSA) is 0 Å². The normalized spacial score (nSPS) is 10.6. The van der Waals surface area contributed by atoms with Gasteiger partial charge in [0, 0.05) is 27.8 Å². The van der Waals surface area contributed by atoms with Crippen molar-refractivity contribution >= 4 is 16.1 Å². The van der Waals surface area contributed by atoms with Crippen molar-refractivity contribution in [2.75, 3.05) is 0 Å². The molecule has 0 nitrogen and oxygen atoms in total. The number of rotatable bonds is 0. The van der Waals surface area contributed by atoms with Crippen molar-refractivity contribution < 1.29 is 43.9 Å². The Kier molecular flexibility index (Phi) is 17.0. The second-order valence-corrected chi connectivity index (χ2v) is 25.8. The number of hydrogen-bond acceptors (Lipinski definition) is 0. The average Bonchev–Trinajstić information content (AvgIpc) is 3.17. The summed E-state index contributed by atoms with van der Waals surface area (Å²) < 4.78 is 128. The van der Waals surface area contributed by atoms with Gasteiger partial charge in [0.1, 0.15) is 21.7 Å². The van der Waals surface area contributed by atoms with Crippen LogP contribution in [0.2, 0.25) is 39.3 Å². The molecule has 0 amide bonds. The van der Waals surface area contributed by atoms with Crippen LogP contribution in [0.3, 0.4) is 0 Å². The maximum Gasteiger partial charge on any atom is 0.200 e. The van der Waals surface area contributed by atoms with E-state index in [1.54, 1.807) is 6.92 Å². The summed E-state index contributed by atoms with van der Waals surface area (Å²) in [5.41, 5.74) is 18.0. The van der Waals surface area contributed by atoms with Crippen molar-refractivity contribution in [2.24, 2.45) is 0 Å². The molecule has 0 aliphatic heterocycles. The lowest BCUT2D eigenvalue weighted by Gasteiger charge is -2.15. The molecule has 0 radical (unpaired) electrons. The molecule has 0 saturated heterocycles. The molecule has 0 aromatic heterocycles. The average molecular weight is 871 g/mol. The monoisotopic (exact) mass is 870 g/mol. The molecule has 0 aliphatic rings. The van der Waals surface area contributed by atoms with Gasteiger partial charge in [0.2, 0.25) is 34.9 Å². The molecule has 0 atom stereocenters. The number of hydrogen-bond donors (Lipinski definition) is 0. The fourth-order valence-corrected chi connectivity index (χ4v) is 6.55. The van der Waals surface area contributed by atoms with Crippen LogP contribution >= 0.6 is 0 Å². The molecular formula is C48H48F10Si2.